The van der Waals surface area contributed by atoms with Crippen molar-refractivity contribution in [1.82, 2.24) is 9.62 Å². The molecule has 2 aromatic carbocycles. The van der Waals surface area contributed by atoms with Crippen LogP contribution in [0.5, 0.6) is 0 Å². The molecule has 26 heavy (non-hydrogen) atoms. The van der Waals surface area contributed by atoms with Gasteiger partial charge in [-0.1, -0.05) is 40.2 Å². The molecule has 0 fully saturated rings. The third kappa shape index (κ3) is 4.52. The van der Waals surface area contributed by atoms with Crippen molar-refractivity contribution in [2.24, 2.45) is 0 Å². The summed E-state index contributed by atoms with van der Waals surface area (Å²) in [6, 6.07) is 13.3. The lowest BCUT2D eigenvalue weighted by atomic mass is 10.1. The number of nitrogens with zero attached hydrogens (tertiary/aromatic N) is 1. The quantitative estimate of drug-likeness (QED) is 0.741. The summed E-state index contributed by atoms with van der Waals surface area (Å²) in [5.74, 6) is -0.322. The maximum atomic E-state index is 12.6. The van der Waals surface area contributed by atoms with Crippen LogP contribution in [0.1, 0.15) is 42.7 Å². The van der Waals surface area contributed by atoms with Crippen LogP contribution in [0.15, 0.2) is 57.9 Å². The second kappa shape index (κ2) is 8.33. The van der Waals surface area contributed by atoms with E-state index in [-0.39, 0.29) is 22.9 Å². The van der Waals surface area contributed by atoms with Gasteiger partial charge in [-0.25, -0.2) is 8.42 Å². The molecule has 0 aliphatic carbocycles. The molecule has 1 N–H and O–H groups in total. The normalized spacial score (nSPS) is 13.0. The smallest absolute Gasteiger partial charge is 0.251 e. The fourth-order valence-corrected chi connectivity index (χ4v) is 4.47. The summed E-state index contributed by atoms with van der Waals surface area (Å²) < 4.78 is 27.4. The van der Waals surface area contributed by atoms with E-state index in [9.17, 15) is 13.2 Å². The van der Waals surface area contributed by atoms with Gasteiger partial charge in [0.05, 0.1) is 10.9 Å². The zero-order valence-corrected chi connectivity index (χ0v) is 17.6. The minimum atomic E-state index is -3.64. The van der Waals surface area contributed by atoms with E-state index in [0.29, 0.717) is 5.56 Å². The Morgan fingerprint density at radius 1 is 1.08 bits per heavy atom. The number of benzene rings is 2. The van der Waals surface area contributed by atoms with Crippen molar-refractivity contribution >= 4 is 31.9 Å². The van der Waals surface area contributed by atoms with Crippen LogP contribution in [0.2, 0.25) is 0 Å². The minimum absolute atomic E-state index is 0.106. The van der Waals surface area contributed by atoms with E-state index in [1.165, 1.54) is 23.5 Å². The lowest BCUT2D eigenvalue weighted by molar-refractivity contribution is 0.0939. The zero-order valence-electron chi connectivity index (χ0n) is 15.2. The molecule has 7 heteroatoms. The molecule has 1 amide bonds. The van der Waals surface area contributed by atoms with Gasteiger partial charge < -0.3 is 5.32 Å². The predicted octanol–water partition coefficient (Wildman–Crippen LogP) is 3.97. The molecule has 2 aromatic rings. The van der Waals surface area contributed by atoms with Crippen LogP contribution in [0.4, 0.5) is 0 Å². The van der Waals surface area contributed by atoms with E-state index in [4.69, 9.17) is 0 Å². The number of sulfonamides is 1. The average molecular weight is 439 g/mol. The number of carbonyl (C=O) groups is 1. The van der Waals surface area contributed by atoms with E-state index in [1.807, 2.05) is 31.2 Å². The monoisotopic (exact) mass is 438 g/mol. The molecule has 2 rings (SSSR count). The summed E-state index contributed by atoms with van der Waals surface area (Å²) in [6.07, 6.45) is 0. The van der Waals surface area contributed by atoms with Gasteiger partial charge in [-0.3, -0.25) is 4.79 Å². The number of hydrogen-bond acceptors (Lipinski definition) is 3. The standard InChI is InChI=1S/C19H23BrN2O3S/c1-13(2)22(4)26(24,25)16-9-7-8-15(12-16)19(23)21-14(3)17-10-5-6-11-18(17)20/h5-14H,1-4H3,(H,21,23). The molecule has 140 valence electrons. The Morgan fingerprint density at radius 3 is 2.35 bits per heavy atom. The van der Waals surface area contributed by atoms with E-state index >= 15 is 0 Å². The highest BCUT2D eigenvalue weighted by molar-refractivity contribution is 9.10. The Labute approximate surface area is 163 Å². The maximum absolute atomic E-state index is 12.6. The third-order valence-corrected chi connectivity index (χ3v) is 6.97. The zero-order chi connectivity index (χ0) is 19.5. The van der Waals surface area contributed by atoms with Gasteiger partial charge in [0.15, 0.2) is 0 Å². The summed E-state index contributed by atoms with van der Waals surface area (Å²) in [5.41, 5.74) is 1.26. The van der Waals surface area contributed by atoms with Crippen LogP contribution in [0, 0.1) is 0 Å². The van der Waals surface area contributed by atoms with Crippen molar-refractivity contribution in [3.8, 4) is 0 Å². The number of nitrogens with one attached hydrogen (secondary N) is 1. The molecule has 1 atom stereocenters. The van der Waals surface area contributed by atoms with Crippen LogP contribution >= 0.6 is 15.9 Å². The molecule has 0 aliphatic heterocycles. The van der Waals surface area contributed by atoms with E-state index in [0.717, 1.165) is 10.0 Å². The molecular weight excluding hydrogens is 416 g/mol. The van der Waals surface area contributed by atoms with Crippen molar-refractivity contribution in [3.05, 3.63) is 64.1 Å². The lowest BCUT2D eigenvalue weighted by Crippen LogP contribution is -2.33. The molecule has 0 saturated carbocycles. The molecule has 1 unspecified atom stereocenters. The summed E-state index contributed by atoms with van der Waals surface area (Å²) in [4.78, 5) is 12.7. The second-order valence-electron chi connectivity index (χ2n) is 6.36. The number of halogens is 1. The van der Waals surface area contributed by atoms with E-state index < -0.39 is 10.0 Å². The van der Waals surface area contributed by atoms with Gasteiger partial charge in [0, 0.05) is 23.1 Å². The first kappa shape index (κ1) is 20.6. The summed E-state index contributed by atoms with van der Waals surface area (Å²) >= 11 is 3.47. The summed E-state index contributed by atoms with van der Waals surface area (Å²) in [5, 5.41) is 2.91. The maximum Gasteiger partial charge on any atom is 0.251 e. The van der Waals surface area contributed by atoms with Crippen LogP contribution in [-0.4, -0.2) is 31.7 Å². The molecule has 0 aliphatic rings. The van der Waals surface area contributed by atoms with Crippen molar-refractivity contribution in [2.75, 3.05) is 7.05 Å². The second-order valence-corrected chi connectivity index (χ2v) is 9.21. The van der Waals surface area contributed by atoms with Gasteiger partial charge in [-0.05, 0) is 50.6 Å². The molecule has 0 heterocycles. The highest BCUT2D eigenvalue weighted by Gasteiger charge is 2.24. The minimum Gasteiger partial charge on any atom is -0.345 e. The first-order chi connectivity index (χ1) is 12.1. The van der Waals surface area contributed by atoms with Gasteiger partial charge in [-0.15, -0.1) is 0 Å². The average Bonchev–Trinajstić information content (AvgIpc) is 2.61. The summed E-state index contributed by atoms with van der Waals surface area (Å²) in [7, 11) is -2.11. The lowest BCUT2D eigenvalue weighted by Gasteiger charge is -2.21. The van der Waals surface area contributed by atoms with Gasteiger partial charge in [0.25, 0.3) is 5.91 Å². The Kier molecular flexibility index (Phi) is 6.60. The topological polar surface area (TPSA) is 66.5 Å². The molecule has 5 nitrogen and oxygen atoms in total. The van der Waals surface area contributed by atoms with Crippen molar-refractivity contribution in [1.29, 1.82) is 0 Å². The van der Waals surface area contributed by atoms with E-state index in [1.54, 1.807) is 26.0 Å². The van der Waals surface area contributed by atoms with Crippen LogP contribution < -0.4 is 5.32 Å². The van der Waals surface area contributed by atoms with Crippen molar-refractivity contribution in [3.63, 3.8) is 0 Å². The fourth-order valence-electron chi connectivity index (χ4n) is 2.43. The van der Waals surface area contributed by atoms with Crippen LogP contribution in [-0.2, 0) is 10.0 Å². The number of rotatable bonds is 6. The Balaban J connectivity index is 2.25. The third-order valence-electron chi connectivity index (χ3n) is 4.22. The predicted molar refractivity (Wildman–Crippen MR) is 107 cm³/mol. The first-order valence-corrected chi connectivity index (χ1v) is 10.5. The number of amides is 1. The fraction of sp³-hybridized carbons (Fsp3) is 0.316. The largest absolute Gasteiger partial charge is 0.345 e. The van der Waals surface area contributed by atoms with Gasteiger partial charge in [-0.2, -0.15) is 4.31 Å². The van der Waals surface area contributed by atoms with E-state index in [2.05, 4.69) is 21.2 Å². The Bertz CT molecular complexity index is 897. The first-order valence-electron chi connectivity index (χ1n) is 8.28. The number of hydrogen-bond donors (Lipinski definition) is 1. The van der Waals surface area contributed by atoms with Crippen molar-refractivity contribution in [2.45, 2.75) is 37.8 Å². The van der Waals surface area contributed by atoms with Gasteiger partial charge >= 0.3 is 0 Å². The van der Waals surface area contributed by atoms with Gasteiger partial charge in [0.2, 0.25) is 10.0 Å². The van der Waals surface area contributed by atoms with Crippen LogP contribution in [0.3, 0.4) is 0 Å². The number of carbonyl (C=O) groups excluding carboxylic acids is 1. The van der Waals surface area contributed by atoms with Gasteiger partial charge in [0.1, 0.15) is 0 Å². The molecular formula is C19H23BrN2O3S. The molecule has 0 saturated heterocycles. The SMILES string of the molecule is CC(NC(=O)c1cccc(S(=O)(=O)N(C)C(C)C)c1)c1ccccc1Br. The van der Waals surface area contributed by atoms with Crippen molar-refractivity contribution < 1.29 is 13.2 Å². The Morgan fingerprint density at radius 2 is 1.73 bits per heavy atom. The summed E-state index contributed by atoms with van der Waals surface area (Å²) in [6.45, 7) is 5.48. The Hall–Kier alpha value is -1.70. The highest BCUT2D eigenvalue weighted by atomic mass is 79.9. The molecule has 0 bridgehead atoms. The highest BCUT2D eigenvalue weighted by Crippen LogP contribution is 2.23. The molecule has 0 spiro atoms. The van der Waals surface area contributed by atoms with Crippen LogP contribution in [0.25, 0.3) is 0 Å². The molecule has 0 aromatic heterocycles. The molecule has 0 radical (unpaired) electrons.